The number of sulfone groups is 1. The van der Waals surface area contributed by atoms with Crippen molar-refractivity contribution in [3.8, 4) is 5.75 Å². The fourth-order valence-electron chi connectivity index (χ4n) is 2.80. The number of ether oxygens (including phenoxy) is 1. The van der Waals surface area contributed by atoms with Gasteiger partial charge in [0.2, 0.25) is 0 Å². The van der Waals surface area contributed by atoms with E-state index in [1.54, 1.807) is 6.20 Å². The van der Waals surface area contributed by atoms with E-state index in [1.807, 2.05) is 10.9 Å². The van der Waals surface area contributed by atoms with Gasteiger partial charge in [0.25, 0.3) is 0 Å². The first-order valence-corrected chi connectivity index (χ1v) is 8.29. The minimum atomic E-state index is -3.05. The van der Waals surface area contributed by atoms with Crippen LogP contribution in [-0.4, -0.2) is 29.4 Å². The van der Waals surface area contributed by atoms with Crippen LogP contribution < -0.4 is 4.74 Å². The van der Waals surface area contributed by atoms with Gasteiger partial charge in [0.1, 0.15) is 0 Å². The molecule has 1 unspecified atom stereocenters. The number of hydrogen-bond acceptors (Lipinski definition) is 4. The molecule has 0 spiro atoms. The molecule has 2 heterocycles. The summed E-state index contributed by atoms with van der Waals surface area (Å²) < 4.78 is 30.8. The molecule has 3 rings (SSSR count). The van der Waals surface area contributed by atoms with E-state index in [0.29, 0.717) is 24.6 Å². The van der Waals surface area contributed by atoms with E-state index in [1.165, 1.54) is 12.8 Å². The van der Waals surface area contributed by atoms with Crippen LogP contribution in [0, 0.1) is 0 Å². The molecule has 1 saturated carbocycles. The predicted octanol–water partition coefficient (Wildman–Crippen LogP) is 1.91. The summed E-state index contributed by atoms with van der Waals surface area (Å²) >= 11 is 0. The lowest BCUT2D eigenvalue weighted by atomic mass is 10.3. The number of hydrogen-bond donors (Lipinski definition) is 0. The summed E-state index contributed by atoms with van der Waals surface area (Å²) in [5.41, 5.74) is -0.668. The van der Waals surface area contributed by atoms with Crippen molar-refractivity contribution in [3.63, 3.8) is 0 Å². The Hall–Kier alpha value is -1.04. The van der Waals surface area contributed by atoms with E-state index in [2.05, 4.69) is 5.10 Å². The lowest BCUT2D eigenvalue weighted by molar-refractivity contribution is 0.272. The van der Waals surface area contributed by atoms with Gasteiger partial charge < -0.3 is 4.74 Å². The maximum Gasteiger partial charge on any atom is 0.199 e. The van der Waals surface area contributed by atoms with Crippen molar-refractivity contribution >= 4 is 9.84 Å². The molecule has 0 amide bonds. The second kappa shape index (κ2) is 4.57. The molecule has 6 heteroatoms. The molecule has 2 fully saturated rings. The summed E-state index contributed by atoms with van der Waals surface area (Å²) in [6.45, 7) is 0. The van der Waals surface area contributed by atoms with Gasteiger partial charge in [-0.3, -0.25) is 4.68 Å². The van der Waals surface area contributed by atoms with Crippen molar-refractivity contribution in [2.75, 3.05) is 5.75 Å². The van der Waals surface area contributed by atoms with Gasteiger partial charge in [0.05, 0.1) is 24.2 Å². The lowest BCUT2D eigenvalue weighted by Crippen LogP contribution is -2.22. The average molecular weight is 270 g/mol. The Morgan fingerprint density at radius 2 is 2.00 bits per heavy atom. The van der Waals surface area contributed by atoms with Crippen molar-refractivity contribution in [1.82, 2.24) is 9.78 Å². The van der Waals surface area contributed by atoms with Crippen LogP contribution >= 0.6 is 0 Å². The molecule has 100 valence electrons. The van der Waals surface area contributed by atoms with Gasteiger partial charge in [-0.2, -0.15) is 5.10 Å². The van der Waals surface area contributed by atoms with E-state index in [0.717, 1.165) is 12.8 Å². The van der Waals surface area contributed by atoms with E-state index in [4.69, 9.17) is 4.74 Å². The van der Waals surface area contributed by atoms with Crippen molar-refractivity contribution < 1.29 is 13.2 Å². The first-order valence-electron chi connectivity index (χ1n) is 6.57. The van der Waals surface area contributed by atoms with Crippen LogP contribution in [0.4, 0.5) is 0 Å². The highest BCUT2D eigenvalue weighted by Gasteiger charge is 2.33. The fourth-order valence-corrected chi connectivity index (χ4v) is 4.41. The topological polar surface area (TPSA) is 61.2 Å². The van der Waals surface area contributed by atoms with E-state index < -0.39 is 15.3 Å². The van der Waals surface area contributed by atoms with Gasteiger partial charge in [-0.1, -0.05) is 12.8 Å². The Balaban J connectivity index is 1.70. The molecule has 1 aliphatic heterocycles. The van der Waals surface area contributed by atoms with Crippen LogP contribution in [0.3, 0.4) is 0 Å². The minimum Gasteiger partial charge on any atom is -0.471 e. The predicted molar refractivity (Wildman–Crippen MR) is 67.2 cm³/mol. The maximum atomic E-state index is 11.7. The molecule has 0 N–H and O–H groups in total. The number of aromatic nitrogens is 2. The van der Waals surface area contributed by atoms with Crippen LogP contribution in [0.25, 0.3) is 0 Å². The Morgan fingerprint density at radius 3 is 2.67 bits per heavy atom. The van der Waals surface area contributed by atoms with Crippen LogP contribution in [0.5, 0.6) is 5.75 Å². The molecule has 0 bridgehead atoms. The molecule has 1 aliphatic carbocycles. The third kappa shape index (κ3) is 2.25. The quantitative estimate of drug-likeness (QED) is 0.841. The molecule has 1 atom stereocenters. The molecular formula is C12H18N2O3S. The highest BCUT2D eigenvalue weighted by atomic mass is 32.2. The summed E-state index contributed by atoms with van der Waals surface area (Å²) in [7, 11) is -3.05. The van der Waals surface area contributed by atoms with Gasteiger partial charge in [-0.05, 0) is 25.7 Å². The Bertz CT molecular complexity index is 517. The zero-order chi connectivity index (χ0) is 12.6. The van der Waals surface area contributed by atoms with Crippen molar-refractivity contribution in [1.29, 1.82) is 0 Å². The fraction of sp³-hybridized carbons (Fsp3) is 0.750. The number of nitrogens with zero attached hydrogens (tertiary/aromatic N) is 2. The zero-order valence-corrected chi connectivity index (χ0v) is 11.1. The SMILES string of the molecule is O=S1(=O)CCCC1Oc1cnn(C2CCCC2)c1. The molecule has 0 radical (unpaired) electrons. The summed E-state index contributed by atoms with van der Waals surface area (Å²) in [6.07, 6.45) is 9.57. The first-order chi connectivity index (χ1) is 8.65. The second-order valence-corrected chi connectivity index (χ2v) is 7.41. The minimum absolute atomic E-state index is 0.244. The van der Waals surface area contributed by atoms with Crippen LogP contribution in [0.2, 0.25) is 0 Å². The smallest absolute Gasteiger partial charge is 0.199 e. The second-order valence-electron chi connectivity index (χ2n) is 5.15. The highest BCUT2D eigenvalue weighted by molar-refractivity contribution is 7.92. The summed E-state index contributed by atoms with van der Waals surface area (Å²) in [4.78, 5) is 0. The zero-order valence-electron chi connectivity index (χ0n) is 10.3. The van der Waals surface area contributed by atoms with Gasteiger partial charge in [0, 0.05) is 0 Å². The monoisotopic (exact) mass is 270 g/mol. The highest BCUT2D eigenvalue weighted by Crippen LogP contribution is 2.30. The average Bonchev–Trinajstić information content (AvgIpc) is 3.02. The third-order valence-electron chi connectivity index (χ3n) is 3.81. The van der Waals surface area contributed by atoms with E-state index in [-0.39, 0.29) is 5.75 Å². The standard InChI is InChI=1S/C12H18N2O3S/c15-18(16)7-3-6-12(18)17-11-8-13-14(9-11)10-4-1-2-5-10/h8-10,12H,1-7H2. The Labute approximate surface area is 107 Å². The molecule has 1 aromatic heterocycles. The summed E-state index contributed by atoms with van der Waals surface area (Å²) in [5.74, 6) is 0.825. The van der Waals surface area contributed by atoms with Crippen molar-refractivity contribution in [3.05, 3.63) is 12.4 Å². The largest absolute Gasteiger partial charge is 0.471 e. The third-order valence-corrected chi connectivity index (χ3v) is 5.80. The van der Waals surface area contributed by atoms with Crippen LogP contribution in [0.15, 0.2) is 12.4 Å². The maximum absolute atomic E-state index is 11.7. The van der Waals surface area contributed by atoms with Crippen LogP contribution in [0.1, 0.15) is 44.6 Å². The summed E-state index contributed by atoms with van der Waals surface area (Å²) in [6, 6.07) is 0.461. The first kappa shape index (κ1) is 12.0. The molecule has 18 heavy (non-hydrogen) atoms. The summed E-state index contributed by atoms with van der Waals surface area (Å²) in [5, 5.41) is 4.28. The Morgan fingerprint density at radius 1 is 1.22 bits per heavy atom. The molecule has 5 nitrogen and oxygen atoms in total. The molecule has 1 aromatic rings. The molecule has 2 aliphatic rings. The van der Waals surface area contributed by atoms with E-state index >= 15 is 0 Å². The molecule has 0 aromatic carbocycles. The normalized spacial score (nSPS) is 27.7. The van der Waals surface area contributed by atoms with Gasteiger partial charge in [0.15, 0.2) is 21.0 Å². The van der Waals surface area contributed by atoms with Gasteiger partial charge in [-0.25, -0.2) is 8.42 Å². The van der Waals surface area contributed by atoms with E-state index in [9.17, 15) is 8.42 Å². The Kier molecular flexibility index (Phi) is 3.05. The van der Waals surface area contributed by atoms with Gasteiger partial charge in [-0.15, -0.1) is 0 Å². The van der Waals surface area contributed by atoms with Gasteiger partial charge >= 0.3 is 0 Å². The molecular weight excluding hydrogens is 252 g/mol. The van der Waals surface area contributed by atoms with Crippen molar-refractivity contribution in [2.24, 2.45) is 0 Å². The van der Waals surface area contributed by atoms with Crippen molar-refractivity contribution in [2.45, 2.75) is 50.0 Å². The number of rotatable bonds is 3. The lowest BCUT2D eigenvalue weighted by Gasteiger charge is -2.11. The van der Waals surface area contributed by atoms with Crippen LogP contribution in [-0.2, 0) is 9.84 Å². The molecule has 1 saturated heterocycles.